The van der Waals surface area contributed by atoms with E-state index in [1.54, 1.807) is 6.92 Å². The number of ether oxygens (including phenoxy) is 1. The Labute approximate surface area is 110 Å². The molecule has 0 aliphatic heterocycles. The summed E-state index contributed by atoms with van der Waals surface area (Å²) < 4.78 is 27.7. The van der Waals surface area contributed by atoms with Gasteiger partial charge in [0.25, 0.3) is 0 Å². The highest BCUT2D eigenvalue weighted by Crippen LogP contribution is 2.31. The molecule has 0 amide bonds. The maximum atomic E-state index is 11.3. The van der Waals surface area contributed by atoms with E-state index in [4.69, 9.17) is 9.88 Å². The van der Waals surface area contributed by atoms with Crippen LogP contribution >= 0.6 is 0 Å². The Kier molecular flexibility index (Phi) is 4.47. The third kappa shape index (κ3) is 3.67. The molecule has 19 heavy (non-hydrogen) atoms. The summed E-state index contributed by atoms with van der Waals surface area (Å²) in [4.78, 5) is 9.87. The molecule has 7 nitrogen and oxygen atoms in total. The number of nitro benzene ring substituents is 1. The van der Waals surface area contributed by atoms with Gasteiger partial charge in [-0.2, -0.15) is 0 Å². The Bertz CT molecular complexity index is 670. The van der Waals surface area contributed by atoms with Crippen LogP contribution in [0.25, 0.3) is 0 Å². The fraction of sp³-hybridized carbons (Fsp3) is 0.273. The Balaban J connectivity index is 3.36. The Morgan fingerprint density at radius 1 is 1.47 bits per heavy atom. The number of nitrogens with zero attached hydrogens (tertiary/aromatic N) is 1. The van der Waals surface area contributed by atoms with Gasteiger partial charge in [0.2, 0.25) is 10.0 Å². The van der Waals surface area contributed by atoms with E-state index in [0.717, 1.165) is 6.07 Å². The van der Waals surface area contributed by atoms with Gasteiger partial charge in [-0.25, -0.2) is 13.6 Å². The molecule has 2 N–H and O–H groups in total. The summed E-state index contributed by atoms with van der Waals surface area (Å²) in [6.07, 6.45) is 0. The van der Waals surface area contributed by atoms with Crippen molar-refractivity contribution in [2.24, 2.45) is 5.14 Å². The molecular formula is C11H12N2O5S. The number of nitro groups is 1. The second kappa shape index (κ2) is 5.69. The quantitative estimate of drug-likeness (QED) is 0.502. The summed E-state index contributed by atoms with van der Waals surface area (Å²) in [5, 5.41) is 15.9. The zero-order chi connectivity index (χ0) is 14.6. The fourth-order valence-electron chi connectivity index (χ4n) is 1.40. The molecule has 0 unspecified atom stereocenters. The van der Waals surface area contributed by atoms with Gasteiger partial charge in [-0.05, 0) is 25.5 Å². The number of nitrogens with two attached hydrogens (primary N) is 1. The third-order valence-electron chi connectivity index (χ3n) is 2.24. The Morgan fingerprint density at radius 2 is 2.11 bits per heavy atom. The SMILES string of the molecule is CC#CCOc1cc(C)c(S(N)(=O)=O)cc1[N+](=O)[O-]. The van der Waals surface area contributed by atoms with Crippen LogP contribution in [-0.2, 0) is 10.0 Å². The molecule has 1 aromatic rings. The first-order valence-corrected chi connectivity index (χ1v) is 6.66. The second-order valence-corrected chi connectivity index (χ2v) is 5.13. The average molecular weight is 284 g/mol. The lowest BCUT2D eigenvalue weighted by molar-refractivity contribution is -0.386. The van der Waals surface area contributed by atoms with Crippen molar-refractivity contribution in [3.63, 3.8) is 0 Å². The second-order valence-electron chi connectivity index (χ2n) is 3.60. The smallest absolute Gasteiger partial charge is 0.312 e. The largest absolute Gasteiger partial charge is 0.474 e. The summed E-state index contributed by atoms with van der Waals surface area (Å²) >= 11 is 0. The summed E-state index contributed by atoms with van der Waals surface area (Å²) in [5.74, 6) is 5.12. The van der Waals surface area contributed by atoms with Crippen molar-refractivity contribution in [1.82, 2.24) is 0 Å². The monoisotopic (exact) mass is 284 g/mol. The minimum absolute atomic E-state index is 0.0223. The lowest BCUT2D eigenvalue weighted by atomic mass is 10.2. The van der Waals surface area contributed by atoms with Crippen LogP contribution in [-0.4, -0.2) is 19.9 Å². The van der Waals surface area contributed by atoms with Crippen molar-refractivity contribution >= 4 is 15.7 Å². The van der Waals surface area contributed by atoms with Crippen LogP contribution in [0.2, 0.25) is 0 Å². The van der Waals surface area contributed by atoms with Crippen LogP contribution < -0.4 is 9.88 Å². The number of hydrogen-bond acceptors (Lipinski definition) is 5. The van der Waals surface area contributed by atoms with Crippen molar-refractivity contribution in [1.29, 1.82) is 0 Å². The van der Waals surface area contributed by atoms with Crippen molar-refractivity contribution in [2.75, 3.05) is 6.61 Å². The van der Waals surface area contributed by atoms with Gasteiger partial charge in [0, 0.05) is 6.07 Å². The van der Waals surface area contributed by atoms with Gasteiger partial charge >= 0.3 is 5.69 Å². The number of primary sulfonamides is 1. The normalized spacial score (nSPS) is 10.5. The Morgan fingerprint density at radius 3 is 2.58 bits per heavy atom. The minimum atomic E-state index is -4.02. The maximum Gasteiger partial charge on any atom is 0.312 e. The topological polar surface area (TPSA) is 113 Å². The first kappa shape index (κ1) is 14.9. The zero-order valence-electron chi connectivity index (χ0n) is 10.3. The predicted molar refractivity (Wildman–Crippen MR) is 68.2 cm³/mol. The molecular weight excluding hydrogens is 272 g/mol. The van der Waals surface area contributed by atoms with E-state index < -0.39 is 20.6 Å². The van der Waals surface area contributed by atoms with Gasteiger partial charge in [-0.15, -0.1) is 5.92 Å². The van der Waals surface area contributed by atoms with Gasteiger partial charge in [0.05, 0.1) is 9.82 Å². The summed E-state index contributed by atoms with van der Waals surface area (Å²) in [7, 11) is -4.02. The summed E-state index contributed by atoms with van der Waals surface area (Å²) in [6, 6.07) is 2.15. The number of rotatable bonds is 4. The van der Waals surface area contributed by atoms with Crippen LogP contribution in [0, 0.1) is 28.9 Å². The molecule has 0 atom stereocenters. The van der Waals surface area contributed by atoms with E-state index in [1.807, 2.05) is 0 Å². The first-order chi connectivity index (χ1) is 8.77. The van der Waals surface area contributed by atoms with E-state index in [1.165, 1.54) is 13.0 Å². The van der Waals surface area contributed by atoms with Crippen molar-refractivity contribution in [2.45, 2.75) is 18.7 Å². The molecule has 0 fully saturated rings. The molecule has 1 rings (SSSR count). The average Bonchev–Trinajstić information content (AvgIpc) is 2.27. The van der Waals surface area contributed by atoms with Crippen molar-refractivity contribution in [3.8, 4) is 17.6 Å². The molecule has 0 aliphatic rings. The van der Waals surface area contributed by atoms with Gasteiger partial charge in [-0.1, -0.05) is 5.92 Å². The number of hydrogen-bond donors (Lipinski definition) is 1. The highest BCUT2D eigenvalue weighted by Gasteiger charge is 2.22. The molecule has 0 saturated heterocycles. The molecule has 0 aliphatic carbocycles. The van der Waals surface area contributed by atoms with Gasteiger partial charge < -0.3 is 4.74 Å². The van der Waals surface area contributed by atoms with Crippen LogP contribution in [0.1, 0.15) is 12.5 Å². The summed E-state index contributed by atoms with van der Waals surface area (Å²) in [5.41, 5.74) is -0.194. The summed E-state index contributed by atoms with van der Waals surface area (Å²) in [6.45, 7) is 3.06. The highest BCUT2D eigenvalue weighted by molar-refractivity contribution is 7.89. The van der Waals surface area contributed by atoms with E-state index in [9.17, 15) is 18.5 Å². The van der Waals surface area contributed by atoms with Crippen molar-refractivity contribution in [3.05, 3.63) is 27.8 Å². The standard InChI is InChI=1S/C11H12N2O5S/c1-3-4-5-18-10-6-8(2)11(19(12,16)17)7-9(10)13(14)15/h6-7H,5H2,1-2H3,(H2,12,16,17). The molecule has 102 valence electrons. The molecule has 8 heteroatoms. The molecule has 1 aromatic carbocycles. The third-order valence-corrected chi connectivity index (χ3v) is 3.29. The fourth-order valence-corrected chi connectivity index (χ4v) is 2.19. The molecule has 0 aromatic heterocycles. The zero-order valence-corrected chi connectivity index (χ0v) is 11.2. The van der Waals surface area contributed by atoms with Crippen LogP contribution in [0.3, 0.4) is 0 Å². The van der Waals surface area contributed by atoms with Gasteiger partial charge in [0.15, 0.2) is 5.75 Å². The van der Waals surface area contributed by atoms with Crippen LogP contribution in [0.15, 0.2) is 17.0 Å². The Hall–Kier alpha value is -2.11. The van der Waals surface area contributed by atoms with Crippen molar-refractivity contribution < 1.29 is 18.1 Å². The maximum absolute atomic E-state index is 11.3. The van der Waals surface area contributed by atoms with E-state index in [0.29, 0.717) is 0 Å². The van der Waals surface area contributed by atoms with Crippen LogP contribution in [0.5, 0.6) is 5.75 Å². The van der Waals surface area contributed by atoms with Gasteiger partial charge in [-0.3, -0.25) is 10.1 Å². The molecule has 0 radical (unpaired) electrons. The molecule has 0 heterocycles. The number of benzene rings is 1. The number of aryl methyl sites for hydroxylation is 1. The van der Waals surface area contributed by atoms with Crippen LogP contribution in [0.4, 0.5) is 5.69 Å². The molecule has 0 bridgehead atoms. The van der Waals surface area contributed by atoms with E-state index >= 15 is 0 Å². The molecule has 0 spiro atoms. The highest BCUT2D eigenvalue weighted by atomic mass is 32.2. The van der Waals surface area contributed by atoms with E-state index in [-0.39, 0.29) is 22.8 Å². The minimum Gasteiger partial charge on any atom is -0.474 e. The number of sulfonamides is 1. The lowest BCUT2D eigenvalue weighted by Crippen LogP contribution is -2.14. The van der Waals surface area contributed by atoms with E-state index in [2.05, 4.69) is 11.8 Å². The first-order valence-electron chi connectivity index (χ1n) is 5.11. The van der Waals surface area contributed by atoms with Gasteiger partial charge in [0.1, 0.15) is 6.61 Å². The lowest BCUT2D eigenvalue weighted by Gasteiger charge is -2.08. The molecule has 0 saturated carbocycles. The predicted octanol–water partition coefficient (Wildman–Crippen LogP) is 0.953.